The first-order valence-corrected chi connectivity index (χ1v) is 11.4. The first-order chi connectivity index (χ1) is 15.7. The number of benzene rings is 3. The van der Waals surface area contributed by atoms with E-state index in [1.165, 1.54) is 36.4 Å². The Morgan fingerprint density at radius 3 is 2.45 bits per heavy atom. The maximum Gasteiger partial charge on any atom is 0.278 e. The topological polar surface area (TPSA) is 122 Å². The first-order valence-electron chi connectivity index (χ1n) is 9.59. The summed E-state index contributed by atoms with van der Waals surface area (Å²) in [7, 11) is -4.10. The summed E-state index contributed by atoms with van der Waals surface area (Å²) in [6.45, 7) is 1.18. The molecule has 0 aliphatic carbocycles. The lowest BCUT2D eigenvalue weighted by molar-refractivity contribution is -0.385. The van der Waals surface area contributed by atoms with E-state index in [9.17, 15) is 23.3 Å². The second kappa shape index (κ2) is 10.2. The number of halogens is 1. The van der Waals surface area contributed by atoms with Crippen LogP contribution in [0.25, 0.3) is 0 Å². The van der Waals surface area contributed by atoms with Gasteiger partial charge in [-0.1, -0.05) is 48.0 Å². The van der Waals surface area contributed by atoms with E-state index in [1.54, 1.807) is 43.3 Å². The van der Waals surface area contributed by atoms with Crippen LogP contribution in [0.1, 0.15) is 11.1 Å². The fourth-order valence-electron chi connectivity index (χ4n) is 2.87. The summed E-state index contributed by atoms with van der Waals surface area (Å²) in [5.41, 5.74) is 3.16. The Kier molecular flexibility index (Phi) is 7.41. The highest BCUT2D eigenvalue weighted by molar-refractivity contribution is 7.92. The molecule has 3 aromatic rings. The average Bonchev–Trinajstić information content (AvgIpc) is 2.80. The summed E-state index contributed by atoms with van der Waals surface area (Å²) in [6.07, 6.45) is 1.12. The maximum atomic E-state index is 13.3. The molecule has 0 spiro atoms. The van der Waals surface area contributed by atoms with Gasteiger partial charge in [-0.3, -0.25) is 19.2 Å². The predicted octanol–water partition coefficient (Wildman–Crippen LogP) is 3.90. The van der Waals surface area contributed by atoms with Gasteiger partial charge in [0.15, 0.2) is 0 Å². The average molecular weight is 487 g/mol. The number of hydrogen-bond acceptors (Lipinski definition) is 6. The van der Waals surface area contributed by atoms with Crippen molar-refractivity contribution >= 4 is 45.1 Å². The number of aryl methyl sites for hydroxylation is 1. The van der Waals surface area contributed by atoms with Gasteiger partial charge in [-0.15, -0.1) is 0 Å². The van der Waals surface area contributed by atoms with Crippen LogP contribution in [0.4, 0.5) is 11.4 Å². The second-order valence-electron chi connectivity index (χ2n) is 6.87. The Morgan fingerprint density at radius 2 is 1.79 bits per heavy atom. The number of anilines is 1. The van der Waals surface area contributed by atoms with Crippen molar-refractivity contribution in [1.82, 2.24) is 5.43 Å². The van der Waals surface area contributed by atoms with Crippen LogP contribution in [-0.4, -0.2) is 32.0 Å². The van der Waals surface area contributed by atoms with E-state index < -0.39 is 27.4 Å². The summed E-state index contributed by atoms with van der Waals surface area (Å²) in [5, 5.41) is 15.2. The Balaban J connectivity index is 1.87. The SMILES string of the molecule is Cc1ccc(N(CC(=O)N/N=C\c2ccccc2[N+](=O)[O-])S(=O)(=O)c2ccccc2)cc1Cl. The van der Waals surface area contributed by atoms with E-state index in [1.807, 2.05) is 0 Å². The molecule has 0 atom stereocenters. The molecule has 0 fully saturated rings. The van der Waals surface area contributed by atoms with Gasteiger partial charge in [-0.25, -0.2) is 13.8 Å². The molecule has 0 heterocycles. The number of carbonyl (C=O) groups excluding carboxylic acids is 1. The molecule has 0 aliphatic rings. The maximum absolute atomic E-state index is 13.3. The summed E-state index contributed by atoms with van der Waals surface area (Å²) >= 11 is 6.18. The lowest BCUT2D eigenvalue weighted by Gasteiger charge is -2.24. The number of rotatable bonds is 8. The molecule has 0 aromatic heterocycles. The number of nitro benzene ring substituents is 1. The van der Waals surface area contributed by atoms with Crippen molar-refractivity contribution in [3.63, 3.8) is 0 Å². The molecule has 9 nitrogen and oxygen atoms in total. The van der Waals surface area contributed by atoms with Crippen LogP contribution in [0.3, 0.4) is 0 Å². The van der Waals surface area contributed by atoms with Gasteiger partial charge < -0.3 is 0 Å². The summed E-state index contributed by atoms with van der Waals surface area (Å²) in [6, 6.07) is 18.2. The van der Waals surface area contributed by atoms with Gasteiger partial charge >= 0.3 is 0 Å². The fourth-order valence-corrected chi connectivity index (χ4v) is 4.48. The predicted molar refractivity (Wildman–Crippen MR) is 126 cm³/mol. The third-order valence-electron chi connectivity index (χ3n) is 4.59. The van der Waals surface area contributed by atoms with Gasteiger partial charge in [0.25, 0.3) is 21.6 Å². The summed E-state index contributed by atoms with van der Waals surface area (Å²) < 4.78 is 27.5. The summed E-state index contributed by atoms with van der Waals surface area (Å²) in [5.74, 6) is -0.749. The van der Waals surface area contributed by atoms with Gasteiger partial charge in [0, 0.05) is 11.1 Å². The molecule has 0 unspecified atom stereocenters. The van der Waals surface area contributed by atoms with Crippen LogP contribution < -0.4 is 9.73 Å². The number of hydrazone groups is 1. The lowest BCUT2D eigenvalue weighted by Crippen LogP contribution is -2.39. The van der Waals surface area contributed by atoms with E-state index >= 15 is 0 Å². The van der Waals surface area contributed by atoms with Crippen molar-refractivity contribution in [2.45, 2.75) is 11.8 Å². The van der Waals surface area contributed by atoms with Crippen LogP contribution in [0.5, 0.6) is 0 Å². The first kappa shape index (κ1) is 23.9. The zero-order valence-electron chi connectivity index (χ0n) is 17.4. The molecule has 0 radical (unpaired) electrons. The molecular formula is C22H19ClN4O5S. The van der Waals surface area contributed by atoms with Gasteiger partial charge in [-0.2, -0.15) is 5.10 Å². The number of nitrogens with zero attached hydrogens (tertiary/aromatic N) is 3. The van der Waals surface area contributed by atoms with Crippen LogP contribution in [0.2, 0.25) is 5.02 Å². The van der Waals surface area contributed by atoms with Crippen LogP contribution in [0.15, 0.2) is 82.8 Å². The van der Waals surface area contributed by atoms with Gasteiger partial charge in [0.1, 0.15) is 6.54 Å². The molecular weight excluding hydrogens is 468 g/mol. The molecule has 1 N–H and O–H groups in total. The number of nitrogens with one attached hydrogen (secondary N) is 1. The number of hydrogen-bond donors (Lipinski definition) is 1. The third kappa shape index (κ3) is 5.73. The van der Waals surface area contributed by atoms with Crippen LogP contribution >= 0.6 is 11.6 Å². The standard InChI is InChI=1S/C22H19ClN4O5S/c1-16-11-12-18(13-20(16)23)26(33(31,32)19-8-3-2-4-9-19)15-22(28)25-24-14-17-7-5-6-10-21(17)27(29)30/h2-14H,15H2,1H3,(H,25,28)/b24-14-. The quantitative estimate of drug-likeness (QED) is 0.294. The number of nitro groups is 1. The highest BCUT2D eigenvalue weighted by Crippen LogP contribution is 2.28. The van der Waals surface area contributed by atoms with Crippen LogP contribution in [-0.2, 0) is 14.8 Å². The number of amides is 1. The van der Waals surface area contributed by atoms with E-state index in [4.69, 9.17) is 11.6 Å². The van der Waals surface area contributed by atoms with Crippen molar-refractivity contribution in [1.29, 1.82) is 0 Å². The minimum Gasteiger partial charge on any atom is -0.271 e. The third-order valence-corrected chi connectivity index (χ3v) is 6.78. The smallest absolute Gasteiger partial charge is 0.271 e. The Labute approximate surface area is 195 Å². The number of sulfonamides is 1. The zero-order chi connectivity index (χ0) is 24.0. The molecule has 1 amide bonds. The lowest BCUT2D eigenvalue weighted by atomic mass is 10.2. The Morgan fingerprint density at radius 1 is 1.12 bits per heavy atom. The highest BCUT2D eigenvalue weighted by Gasteiger charge is 2.27. The molecule has 0 saturated heterocycles. The molecule has 3 aromatic carbocycles. The highest BCUT2D eigenvalue weighted by atomic mass is 35.5. The minimum atomic E-state index is -4.10. The van der Waals surface area contributed by atoms with Crippen molar-refractivity contribution in [3.05, 3.63) is 99.1 Å². The molecule has 0 aliphatic heterocycles. The van der Waals surface area contributed by atoms with Gasteiger partial charge in [0.05, 0.1) is 27.3 Å². The largest absolute Gasteiger partial charge is 0.278 e. The molecule has 0 bridgehead atoms. The zero-order valence-corrected chi connectivity index (χ0v) is 19.0. The molecule has 33 heavy (non-hydrogen) atoms. The van der Waals surface area contributed by atoms with Crippen molar-refractivity contribution in [2.24, 2.45) is 5.10 Å². The second-order valence-corrected chi connectivity index (χ2v) is 9.14. The fraction of sp³-hybridized carbons (Fsp3) is 0.0909. The Bertz CT molecular complexity index is 1310. The monoisotopic (exact) mass is 486 g/mol. The van der Waals surface area contributed by atoms with Crippen molar-refractivity contribution in [3.8, 4) is 0 Å². The Hall–Kier alpha value is -3.76. The van der Waals surface area contributed by atoms with E-state index in [0.29, 0.717) is 5.02 Å². The van der Waals surface area contributed by atoms with Crippen molar-refractivity contribution in [2.75, 3.05) is 10.8 Å². The molecule has 11 heteroatoms. The molecule has 170 valence electrons. The van der Waals surface area contributed by atoms with Gasteiger partial charge in [0.2, 0.25) is 0 Å². The van der Waals surface area contributed by atoms with Gasteiger partial charge in [-0.05, 0) is 42.8 Å². The van der Waals surface area contributed by atoms with E-state index in [2.05, 4.69) is 10.5 Å². The number of carbonyl (C=O) groups is 1. The van der Waals surface area contributed by atoms with Crippen LogP contribution in [0, 0.1) is 17.0 Å². The van der Waals surface area contributed by atoms with E-state index in [-0.39, 0.29) is 21.8 Å². The normalized spacial score (nSPS) is 11.3. The molecule has 0 saturated carbocycles. The number of para-hydroxylation sites is 1. The van der Waals surface area contributed by atoms with E-state index in [0.717, 1.165) is 16.1 Å². The van der Waals surface area contributed by atoms with Crippen molar-refractivity contribution < 1.29 is 18.1 Å². The molecule has 3 rings (SSSR count). The minimum absolute atomic E-state index is 0.00194. The summed E-state index contributed by atoms with van der Waals surface area (Å²) in [4.78, 5) is 23.1.